The summed E-state index contributed by atoms with van der Waals surface area (Å²) in [4.78, 5) is 26.1. The van der Waals surface area contributed by atoms with E-state index < -0.39 is 5.91 Å². The van der Waals surface area contributed by atoms with Crippen molar-refractivity contribution in [2.75, 3.05) is 0 Å². The lowest BCUT2D eigenvalue weighted by atomic mass is 10.2. The molecule has 1 saturated heterocycles. The molecule has 0 unspecified atom stereocenters. The zero-order valence-corrected chi connectivity index (χ0v) is 15.4. The van der Waals surface area contributed by atoms with Crippen LogP contribution in [0.2, 0.25) is 5.02 Å². The third kappa shape index (κ3) is 3.50. The van der Waals surface area contributed by atoms with E-state index in [0.717, 1.165) is 21.1 Å². The monoisotopic (exact) mass is 423 g/mol. The van der Waals surface area contributed by atoms with Crippen LogP contribution in [0, 0.1) is 0 Å². The zero-order valence-electron chi connectivity index (χ0n) is 12.2. The number of carbonyl (C=O) groups excluding carboxylic acids is 2. The van der Waals surface area contributed by atoms with Gasteiger partial charge in [0.05, 0.1) is 11.4 Å². The maximum absolute atomic E-state index is 12.5. The Labute approximate surface area is 156 Å². The lowest BCUT2D eigenvalue weighted by Gasteiger charge is -2.13. The van der Waals surface area contributed by atoms with Crippen LogP contribution < -0.4 is 0 Å². The molecule has 0 saturated carbocycles. The third-order valence-electron chi connectivity index (χ3n) is 3.44. The van der Waals surface area contributed by atoms with Crippen LogP contribution >= 0.6 is 39.3 Å². The van der Waals surface area contributed by atoms with Gasteiger partial charge in [-0.3, -0.25) is 14.5 Å². The summed E-state index contributed by atoms with van der Waals surface area (Å²) in [6.07, 6.45) is 1.51. The quantitative estimate of drug-likeness (QED) is 0.701. The first-order valence-electron chi connectivity index (χ1n) is 6.93. The van der Waals surface area contributed by atoms with Crippen molar-refractivity contribution in [2.24, 2.45) is 0 Å². The Kier molecular flexibility index (Phi) is 4.99. The van der Waals surface area contributed by atoms with Gasteiger partial charge in [0.15, 0.2) is 0 Å². The number of halogens is 2. The Balaban J connectivity index is 1.88. The van der Waals surface area contributed by atoms with Crippen LogP contribution in [0.1, 0.15) is 11.1 Å². The normalized spacial score (nSPS) is 16.2. The van der Waals surface area contributed by atoms with E-state index in [4.69, 9.17) is 11.6 Å². The van der Waals surface area contributed by atoms with Crippen LogP contribution in [-0.4, -0.2) is 21.2 Å². The van der Waals surface area contributed by atoms with E-state index in [1.807, 2.05) is 0 Å². The molecule has 7 heteroatoms. The van der Waals surface area contributed by atoms with Crippen molar-refractivity contribution in [3.05, 3.63) is 68.0 Å². The molecule has 0 aliphatic carbocycles. The predicted molar refractivity (Wildman–Crippen MR) is 98.8 cm³/mol. The van der Waals surface area contributed by atoms with E-state index >= 15 is 0 Å². The highest BCUT2D eigenvalue weighted by atomic mass is 79.9. The Hall–Kier alpha value is -1.76. The molecule has 1 N–H and O–H groups in total. The second-order valence-corrected chi connectivity index (χ2v) is 7.38. The van der Waals surface area contributed by atoms with Gasteiger partial charge in [-0.2, -0.15) is 0 Å². The van der Waals surface area contributed by atoms with Crippen LogP contribution in [0.15, 0.2) is 51.8 Å². The fraction of sp³-hybridized carbons (Fsp3) is 0.0588. The van der Waals surface area contributed by atoms with Crippen molar-refractivity contribution in [1.82, 2.24) is 4.90 Å². The largest absolute Gasteiger partial charge is 0.507 e. The number of phenols is 1. The highest BCUT2D eigenvalue weighted by molar-refractivity contribution is 9.10. The Bertz CT molecular complexity index is 869. The average molecular weight is 425 g/mol. The van der Waals surface area contributed by atoms with Gasteiger partial charge < -0.3 is 5.11 Å². The summed E-state index contributed by atoms with van der Waals surface area (Å²) in [6, 6.07) is 12.0. The fourth-order valence-corrected chi connectivity index (χ4v) is 3.62. The number of benzene rings is 2. The summed E-state index contributed by atoms with van der Waals surface area (Å²) in [5, 5.41) is 10.0. The van der Waals surface area contributed by atoms with Crippen molar-refractivity contribution < 1.29 is 14.7 Å². The van der Waals surface area contributed by atoms with E-state index in [9.17, 15) is 14.7 Å². The fourth-order valence-electron chi connectivity index (χ4n) is 2.22. The van der Waals surface area contributed by atoms with Crippen molar-refractivity contribution in [2.45, 2.75) is 6.54 Å². The van der Waals surface area contributed by atoms with Gasteiger partial charge in [0.1, 0.15) is 5.75 Å². The molecule has 24 heavy (non-hydrogen) atoms. The maximum atomic E-state index is 12.5. The van der Waals surface area contributed by atoms with Crippen molar-refractivity contribution in [1.29, 1.82) is 0 Å². The number of hydrogen-bond donors (Lipinski definition) is 1. The number of phenolic OH excluding ortho intramolecular Hbond substituents is 1. The van der Waals surface area contributed by atoms with Crippen LogP contribution in [0.5, 0.6) is 5.75 Å². The van der Waals surface area contributed by atoms with Crippen LogP contribution in [0.3, 0.4) is 0 Å². The van der Waals surface area contributed by atoms with Crippen molar-refractivity contribution >= 4 is 56.5 Å². The molecule has 0 spiro atoms. The number of imide groups is 1. The number of rotatable bonds is 3. The number of nitrogens with zero attached hydrogens (tertiary/aromatic N) is 1. The first-order valence-corrected chi connectivity index (χ1v) is 8.92. The lowest BCUT2D eigenvalue weighted by molar-refractivity contribution is -0.123. The first kappa shape index (κ1) is 17.1. The van der Waals surface area contributed by atoms with Crippen molar-refractivity contribution in [3.63, 3.8) is 0 Å². The molecule has 3 rings (SSSR count). The molecule has 0 atom stereocenters. The second-order valence-electron chi connectivity index (χ2n) is 5.06. The van der Waals surface area contributed by atoms with E-state index in [-0.39, 0.29) is 22.4 Å². The number of hydrogen-bond acceptors (Lipinski definition) is 4. The van der Waals surface area contributed by atoms with E-state index in [2.05, 4.69) is 15.9 Å². The van der Waals surface area contributed by atoms with Crippen LogP contribution in [0.4, 0.5) is 4.79 Å². The number of amides is 2. The van der Waals surface area contributed by atoms with Gasteiger partial charge in [-0.05, 0) is 47.7 Å². The Morgan fingerprint density at radius 3 is 2.71 bits per heavy atom. The molecule has 0 bridgehead atoms. The van der Waals surface area contributed by atoms with E-state index in [1.54, 1.807) is 36.4 Å². The lowest BCUT2D eigenvalue weighted by Crippen LogP contribution is -2.27. The van der Waals surface area contributed by atoms with Crippen molar-refractivity contribution in [3.8, 4) is 5.75 Å². The van der Waals surface area contributed by atoms with Gasteiger partial charge in [-0.1, -0.05) is 45.7 Å². The summed E-state index contributed by atoms with van der Waals surface area (Å²) in [5.41, 5.74) is 1.17. The summed E-state index contributed by atoms with van der Waals surface area (Å²) in [7, 11) is 0. The van der Waals surface area contributed by atoms with E-state index in [1.165, 1.54) is 12.1 Å². The number of aromatic hydroxyl groups is 1. The molecule has 1 aliphatic rings. The number of carbonyl (C=O) groups is 2. The highest BCUT2D eigenvalue weighted by Crippen LogP contribution is 2.35. The molecule has 0 aromatic heterocycles. The average Bonchev–Trinajstić information content (AvgIpc) is 2.80. The Morgan fingerprint density at radius 1 is 1.21 bits per heavy atom. The molecule has 4 nitrogen and oxygen atoms in total. The van der Waals surface area contributed by atoms with Gasteiger partial charge in [0.25, 0.3) is 11.1 Å². The maximum Gasteiger partial charge on any atom is 0.293 e. The van der Waals surface area contributed by atoms with E-state index in [0.29, 0.717) is 16.1 Å². The predicted octanol–water partition coefficient (Wildman–Crippen LogP) is 5.04. The van der Waals surface area contributed by atoms with Gasteiger partial charge in [-0.15, -0.1) is 0 Å². The molecule has 1 heterocycles. The topological polar surface area (TPSA) is 57.6 Å². The molecule has 0 radical (unpaired) electrons. The van der Waals surface area contributed by atoms with Crippen LogP contribution in [-0.2, 0) is 11.3 Å². The number of thioether (sulfide) groups is 1. The second kappa shape index (κ2) is 7.01. The summed E-state index contributed by atoms with van der Waals surface area (Å²) < 4.78 is 0.766. The smallest absolute Gasteiger partial charge is 0.293 e. The molecular formula is C17H11BrClNO3S. The highest BCUT2D eigenvalue weighted by Gasteiger charge is 2.35. The SMILES string of the molecule is O=C1SC(=Cc2cc(Br)ccc2O)C(=O)N1Cc1ccccc1Cl. The molecule has 2 aromatic carbocycles. The zero-order chi connectivity index (χ0) is 17.3. The molecule has 122 valence electrons. The van der Waals surface area contributed by atoms with Gasteiger partial charge in [0.2, 0.25) is 0 Å². The van der Waals surface area contributed by atoms with Crippen LogP contribution in [0.25, 0.3) is 6.08 Å². The minimum Gasteiger partial charge on any atom is -0.507 e. The first-order chi connectivity index (χ1) is 11.5. The minimum absolute atomic E-state index is 0.0381. The molecule has 1 aliphatic heterocycles. The van der Waals surface area contributed by atoms with Gasteiger partial charge in [-0.25, -0.2) is 0 Å². The molecule has 2 aromatic rings. The summed E-state index contributed by atoms with van der Waals surface area (Å²) in [6.45, 7) is 0.117. The van der Waals surface area contributed by atoms with Gasteiger partial charge >= 0.3 is 0 Å². The van der Waals surface area contributed by atoms with Gasteiger partial charge in [0, 0.05) is 15.1 Å². The Morgan fingerprint density at radius 2 is 1.96 bits per heavy atom. The summed E-state index contributed by atoms with van der Waals surface area (Å²) in [5.74, 6) is -0.361. The minimum atomic E-state index is -0.399. The molecule has 1 fully saturated rings. The molecule has 2 amide bonds. The standard InChI is InChI=1S/C17H11BrClNO3S/c18-12-5-6-14(21)11(7-12)8-15-16(22)20(17(23)24-15)9-10-3-1-2-4-13(10)19/h1-8,21H,9H2. The summed E-state index contributed by atoms with van der Waals surface area (Å²) >= 11 is 10.3. The third-order valence-corrected chi connectivity index (χ3v) is 5.21. The molecular weight excluding hydrogens is 414 g/mol.